The van der Waals surface area contributed by atoms with Crippen LogP contribution in [0.25, 0.3) is 10.9 Å². The SMILES string of the molecule is CCNC(=O)[C@@H]1CCCN1C(=O)[C@H](CCCN=C(N)N[N+](=O)[O-])NC(=O)[C@H](CC(C)C)NC(=O)[C@@H](CC(C)C)NC(=O)[C@H](Cc1ccc(O)cc1)NC(=O)[C@H](CO)NC(=O)[C@H](Cc1c[nH]c2ccccc12)NC(=O)[C@H](Cc1cnc[nH]1)NC(=O)[C@@H]1CCC(=O)N1. The van der Waals surface area contributed by atoms with Gasteiger partial charge in [0.05, 0.1) is 12.9 Å². The lowest BCUT2D eigenvalue weighted by Gasteiger charge is -2.31. The molecular formula is C59H83N17O14. The number of hydrogen-bond acceptors (Lipinski definition) is 16. The molecule has 6 rings (SSSR count). The number of nitrogens with zero attached hydrogens (tertiary/aromatic N) is 4. The van der Waals surface area contributed by atoms with Crippen LogP contribution in [0.1, 0.15) is 103 Å². The molecule has 0 saturated carbocycles. The maximum Gasteiger partial charge on any atom is 0.251 e. The Morgan fingerprint density at radius 1 is 0.744 bits per heavy atom. The Kier molecular flexibility index (Phi) is 25.9. The number of carbonyl (C=O) groups is 10. The van der Waals surface area contributed by atoms with Gasteiger partial charge in [-0.2, -0.15) is 0 Å². The molecule has 31 nitrogen and oxygen atoms in total. The Hall–Kier alpha value is -9.68. The molecule has 0 spiro atoms. The molecule has 2 aromatic carbocycles. The van der Waals surface area contributed by atoms with Crippen LogP contribution in [-0.2, 0) is 67.2 Å². The molecule has 0 unspecified atom stereocenters. The molecule has 31 heteroatoms. The number of likely N-dealkylation sites (N-methyl/N-ethyl adjacent to an activating group) is 1. The third kappa shape index (κ3) is 20.7. The molecule has 0 radical (unpaired) electrons. The van der Waals surface area contributed by atoms with E-state index >= 15 is 0 Å². The van der Waals surface area contributed by atoms with Crippen molar-refractivity contribution in [3.63, 3.8) is 0 Å². The van der Waals surface area contributed by atoms with Crippen LogP contribution in [0.4, 0.5) is 0 Å². The molecule has 4 aromatic rings. The second-order valence-electron chi connectivity index (χ2n) is 23.1. The van der Waals surface area contributed by atoms with Gasteiger partial charge in [-0.15, -0.1) is 0 Å². The number of aliphatic hydroxyl groups excluding tert-OH is 1. The van der Waals surface area contributed by atoms with E-state index in [9.17, 15) is 68.3 Å². The number of nitro groups is 1. The summed E-state index contributed by atoms with van der Waals surface area (Å²) in [6, 6.07) is 1.07. The van der Waals surface area contributed by atoms with Crippen LogP contribution in [0.5, 0.6) is 5.75 Å². The van der Waals surface area contributed by atoms with Gasteiger partial charge in [0.15, 0.2) is 5.03 Å². The zero-order valence-electron chi connectivity index (χ0n) is 51.0. The smallest absolute Gasteiger partial charge is 0.251 e. The Labute approximate surface area is 519 Å². The number of rotatable bonds is 33. The summed E-state index contributed by atoms with van der Waals surface area (Å²) in [6.07, 6.45) is 5.18. The number of aromatic nitrogens is 3. The second kappa shape index (κ2) is 33.6. The number of nitrogens with two attached hydrogens (primary N) is 1. The predicted molar refractivity (Wildman–Crippen MR) is 326 cm³/mol. The van der Waals surface area contributed by atoms with Crippen LogP contribution < -0.4 is 59.0 Å². The average Bonchev–Trinajstić information content (AvgIpc) is 1.80. The first-order chi connectivity index (χ1) is 42.9. The number of para-hydroxylation sites is 1. The molecule has 10 amide bonds. The normalized spacial score (nSPS) is 17.2. The molecule has 0 aliphatic carbocycles. The number of aromatic hydroxyl groups is 1. The van der Waals surface area contributed by atoms with Crippen LogP contribution in [-0.4, -0.2) is 181 Å². The van der Waals surface area contributed by atoms with E-state index < -0.39 is 119 Å². The number of H-pyrrole nitrogens is 2. The highest BCUT2D eigenvalue weighted by molar-refractivity contribution is 5.99. The second-order valence-corrected chi connectivity index (χ2v) is 23.1. The maximum atomic E-state index is 14.7. The maximum absolute atomic E-state index is 14.7. The molecule has 9 atom stereocenters. The molecule has 2 fully saturated rings. The summed E-state index contributed by atoms with van der Waals surface area (Å²) >= 11 is 0. The minimum Gasteiger partial charge on any atom is -0.508 e. The largest absolute Gasteiger partial charge is 0.508 e. The number of phenolic OH excluding ortho intramolecular Hbond substituents is 1. The van der Waals surface area contributed by atoms with Crippen molar-refractivity contribution < 1.29 is 63.2 Å². The number of hydrogen-bond donors (Lipinski definition) is 15. The minimum absolute atomic E-state index is 0.00212. The van der Waals surface area contributed by atoms with E-state index in [-0.39, 0.29) is 100 Å². The highest BCUT2D eigenvalue weighted by atomic mass is 16.7. The number of likely N-dealkylation sites (tertiary alicyclic amines) is 1. The fourth-order valence-corrected chi connectivity index (χ4v) is 10.6. The van der Waals surface area contributed by atoms with Crippen molar-refractivity contribution in [3.8, 4) is 5.75 Å². The monoisotopic (exact) mass is 1250 g/mol. The summed E-state index contributed by atoms with van der Waals surface area (Å²) in [4.78, 5) is 166. The van der Waals surface area contributed by atoms with Crippen molar-refractivity contribution in [1.82, 2.24) is 73.1 Å². The number of fused-ring (bicyclic) bond motifs is 1. The molecule has 2 aliphatic heterocycles. The highest BCUT2D eigenvalue weighted by Crippen LogP contribution is 2.22. The Balaban J connectivity index is 1.22. The number of aliphatic imine (C=N–C) groups is 1. The van der Waals surface area contributed by atoms with Crippen LogP contribution in [0.3, 0.4) is 0 Å². The number of imidazole rings is 1. The van der Waals surface area contributed by atoms with Gasteiger partial charge in [-0.3, -0.25) is 47.9 Å². The lowest BCUT2D eigenvalue weighted by Crippen LogP contribution is -2.61. The van der Waals surface area contributed by atoms with Gasteiger partial charge < -0.3 is 78.7 Å². The first-order valence-corrected chi connectivity index (χ1v) is 30.0. The fourth-order valence-electron chi connectivity index (χ4n) is 10.6. The van der Waals surface area contributed by atoms with Gasteiger partial charge in [0.2, 0.25) is 59.1 Å². The summed E-state index contributed by atoms with van der Waals surface area (Å²) < 4.78 is 0. The van der Waals surface area contributed by atoms with E-state index in [0.717, 1.165) is 0 Å². The number of phenols is 1. The molecule has 2 saturated heterocycles. The molecule has 0 bridgehead atoms. The Morgan fingerprint density at radius 2 is 1.32 bits per heavy atom. The minimum atomic E-state index is -1.77. The van der Waals surface area contributed by atoms with E-state index in [2.05, 4.69) is 67.8 Å². The van der Waals surface area contributed by atoms with Gasteiger partial charge in [-0.1, -0.05) is 63.5 Å². The summed E-state index contributed by atoms with van der Waals surface area (Å²) in [6.45, 7) is 8.31. The van der Waals surface area contributed by atoms with Crippen LogP contribution in [0, 0.1) is 22.0 Å². The predicted octanol–water partition coefficient (Wildman–Crippen LogP) is -1.62. The van der Waals surface area contributed by atoms with Gasteiger partial charge in [0.1, 0.15) is 60.1 Å². The zero-order chi connectivity index (χ0) is 65.6. The zero-order valence-corrected chi connectivity index (χ0v) is 51.0. The number of carbonyl (C=O) groups excluding carboxylic acids is 10. The third-order valence-electron chi connectivity index (χ3n) is 15.1. The van der Waals surface area contributed by atoms with Crippen molar-refractivity contribution in [2.75, 3.05) is 26.2 Å². The van der Waals surface area contributed by atoms with Crippen LogP contribution in [0.15, 0.2) is 72.2 Å². The third-order valence-corrected chi connectivity index (χ3v) is 15.1. The molecular weight excluding hydrogens is 1170 g/mol. The van der Waals surface area contributed by atoms with Crippen molar-refractivity contribution in [3.05, 3.63) is 94.2 Å². The number of aromatic amines is 2. The summed E-state index contributed by atoms with van der Waals surface area (Å²) in [5.41, 5.74) is 9.48. The molecule has 488 valence electrons. The van der Waals surface area contributed by atoms with E-state index in [0.29, 0.717) is 47.1 Å². The summed E-state index contributed by atoms with van der Waals surface area (Å²) in [5.74, 6) is -8.35. The molecule has 4 heterocycles. The average molecular weight is 1250 g/mol. The van der Waals surface area contributed by atoms with Gasteiger partial charge in [0, 0.05) is 74.3 Å². The van der Waals surface area contributed by atoms with Crippen LogP contribution in [0.2, 0.25) is 0 Å². The van der Waals surface area contributed by atoms with E-state index in [1.165, 1.54) is 41.7 Å². The summed E-state index contributed by atoms with van der Waals surface area (Å²) in [7, 11) is 0. The lowest BCUT2D eigenvalue weighted by molar-refractivity contribution is -0.525. The molecule has 2 aliphatic rings. The Bertz CT molecular complexity index is 3190. The Morgan fingerprint density at radius 3 is 1.90 bits per heavy atom. The van der Waals surface area contributed by atoms with Crippen molar-refractivity contribution in [2.24, 2.45) is 22.6 Å². The van der Waals surface area contributed by atoms with Gasteiger partial charge in [-0.05, 0) is 93.0 Å². The van der Waals surface area contributed by atoms with Crippen molar-refractivity contribution in [2.45, 2.75) is 160 Å². The number of benzene rings is 2. The van der Waals surface area contributed by atoms with Gasteiger partial charge in [0.25, 0.3) is 5.96 Å². The van der Waals surface area contributed by atoms with Crippen molar-refractivity contribution in [1.29, 1.82) is 0 Å². The number of guanidine groups is 1. The van der Waals surface area contributed by atoms with E-state index in [1.807, 2.05) is 0 Å². The number of aliphatic hydroxyl groups is 1. The first-order valence-electron chi connectivity index (χ1n) is 30.0. The van der Waals surface area contributed by atoms with Crippen LogP contribution >= 0.6 is 0 Å². The topological polar surface area (TPSA) is 461 Å². The summed E-state index contributed by atoms with van der Waals surface area (Å²) in [5, 5.41) is 55.7. The number of amides is 10. The van der Waals surface area contributed by atoms with Gasteiger partial charge >= 0.3 is 0 Å². The molecule has 90 heavy (non-hydrogen) atoms. The number of nitrogens with one attached hydrogen (secondary N) is 12. The van der Waals surface area contributed by atoms with Gasteiger partial charge in [-0.25, -0.2) is 20.1 Å². The van der Waals surface area contributed by atoms with E-state index in [4.69, 9.17) is 5.73 Å². The van der Waals surface area contributed by atoms with Crippen molar-refractivity contribution >= 4 is 75.9 Å². The lowest BCUT2D eigenvalue weighted by atomic mass is 9.98. The number of hydrazine groups is 1. The first kappa shape index (κ1) is 69.4. The molecule has 16 N–H and O–H groups in total. The van der Waals surface area contributed by atoms with E-state index in [1.54, 1.807) is 70.5 Å². The fraction of sp³-hybridized carbons (Fsp3) is 0.525. The standard InChI is InChI=1S/C59H83N17O14/c1-6-62-57(87)48-14-10-22-75(48)58(88)41(13-9-21-63-59(60)74-76(89)90)67-51(81)42(23-32(2)3)68-52(82)43(24-33(4)5)69-53(83)44(25-34-15-17-37(78)18-16-34)70-56(86)47(30-77)73-54(84)45(26-35-28-64-39-12-8-7-11-38(35)39)71-55(85)46(27-36-29-61-31-65-36)72-50(80)40-19-20-49(79)66-40/h7-8,11-12,15-18,28-29,31-33,40-48,64,77-78H,6,9-10,13-14,19-27,30H2,1-5H3,(H,61,65)(H,62,87)(H,66,79)(H,67,81)(H,68,82)(H,69,83)(H,70,86)(H,71,85)(H,72,80)(H,73,84)(H3,60,63,74)/t40-,41-,42-,43+,44-,45-,46-,47-,48-/m0/s1. The quantitative estimate of drug-likeness (QED) is 0.00838. The molecule has 2 aromatic heterocycles. The highest BCUT2D eigenvalue weighted by Gasteiger charge is 2.40.